The van der Waals surface area contributed by atoms with E-state index in [4.69, 9.17) is 19.5 Å². The summed E-state index contributed by atoms with van der Waals surface area (Å²) in [6.45, 7) is 0. The number of fused-ring (bicyclic) bond motifs is 8. The molecule has 12 aromatic rings. The van der Waals surface area contributed by atoms with Gasteiger partial charge in [0.05, 0.1) is 38.7 Å². The number of aromatic nitrogens is 1. The zero-order chi connectivity index (χ0) is 54.2. The van der Waals surface area contributed by atoms with Gasteiger partial charge in [-0.1, -0.05) is 170 Å². The second-order valence-corrected chi connectivity index (χ2v) is 14.5. The molecule has 286 valence electrons. The fraction of sp³-hybridized carbons (Fsp3) is 0. The fourth-order valence-corrected chi connectivity index (χ4v) is 8.25. The Bertz CT molecular complexity index is 4340. The van der Waals surface area contributed by atoms with Crippen LogP contribution in [-0.2, 0) is 0 Å². The van der Waals surface area contributed by atoms with Gasteiger partial charge in [-0.05, 0) is 93.9 Å². The second-order valence-electron chi connectivity index (χ2n) is 14.5. The normalized spacial score (nSPS) is 15.3. The van der Waals surface area contributed by atoms with Gasteiger partial charge in [0, 0.05) is 49.4 Å². The molecule has 0 aliphatic rings. The number of benzene rings is 10. The first-order valence-electron chi connectivity index (χ1n) is 27.5. The van der Waals surface area contributed by atoms with E-state index in [2.05, 4.69) is 0 Å². The van der Waals surface area contributed by atoms with Gasteiger partial charge in [0.2, 0.25) is 0 Å². The zero-order valence-corrected chi connectivity index (χ0v) is 32.0. The van der Waals surface area contributed by atoms with Crippen LogP contribution < -0.4 is 4.90 Å². The van der Waals surface area contributed by atoms with Crippen LogP contribution >= 0.6 is 0 Å². The number of furan rings is 1. The maximum atomic E-state index is 10.5. The minimum Gasteiger partial charge on any atom is -0.455 e. The molecular weight excluding hydrogens is 741 g/mol. The maximum Gasteiger partial charge on any atom is 0.143 e. The molecule has 0 atom stereocenters. The topological polar surface area (TPSA) is 21.3 Å². The average Bonchev–Trinajstić information content (AvgIpc) is 4.00. The summed E-state index contributed by atoms with van der Waals surface area (Å²) in [5, 5.41) is -0.520. The molecule has 10 aromatic carbocycles. The van der Waals surface area contributed by atoms with Crippen molar-refractivity contribution >= 4 is 71.6 Å². The lowest BCUT2D eigenvalue weighted by Gasteiger charge is -2.27. The van der Waals surface area contributed by atoms with Crippen LogP contribution in [0.15, 0.2) is 235 Å². The summed E-state index contributed by atoms with van der Waals surface area (Å²) in [6, 6.07) is 32.2. The Morgan fingerprint density at radius 1 is 0.426 bits per heavy atom. The summed E-state index contributed by atoms with van der Waals surface area (Å²) in [5.41, 5.74) is 4.23. The third-order valence-corrected chi connectivity index (χ3v) is 11.0. The summed E-state index contributed by atoms with van der Waals surface area (Å²) < 4.78 is 154. The molecule has 3 nitrogen and oxygen atoms in total. The number of hydrogen-bond donors (Lipinski definition) is 0. The van der Waals surface area contributed by atoms with Crippen molar-refractivity contribution in [1.82, 2.24) is 4.57 Å². The smallest absolute Gasteiger partial charge is 0.143 e. The highest BCUT2D eigenvalue weighted by Crippen LogP contribution is 2.47. The van der Waals surface area contributed by atoms with E-state index < -0.39 is 90.6 Å². The van der Waals surface area contributed by atoms with Gasteiger partial charge >= 0.3 is 0 Å². The van der Waals surface area contributed by atoms with E-state index in [0.29, 0.717) is 11.4 Å². The van der Waals surface area contributed by atoms with Gasteiger partial charge in [-0.25, -0.2) is 0 Å². The summed E-state index contributed by atoms with van der Waals surface area (Å²) in [5.74, 6) is 0. The van der Waals surface area contributed by atoms with Crippen LogP contribution in [0.2, 0.25) is 0 Å². The first-order chi connectivity index (χ1) is 36.9. The molecule has 2 heterocycles. The van der Waals surface area contributed by atoms with Crippen molar-refractivity contribution in [2.45, 2.75) is 0 Å². The Labute approximate surface area is 376 Å². The highest BCUT2D eigenvalue weighted by Gasteiger charge is 2.22. The molecule has 0 amide bonds. The molecule has 0 bridgehead atoms. The molecular formula is C58H38N2O. The minimum absolute atomic E-state index is 0.00595. The first-order valence-corrected chi connectivity index (χ1v) is 19.5. The van der Waals surface area contributed by atoms with Crippen LogP contribution in [0.3, 0.4) is 0 Å². The molecule has 0 spiro atoms. The molecule has 0 unspecified atom stereocenters. The quantitative estimate of drug-likeness (QED) is 0.160. The summed E-state index contributed by atoms with van der Waals surface area (Å²) in [6.07, 6.45) is 0. The first kappa shape index (κ1) is 22.3. The molecule has 0 saturated heterocycles. The summed E-state index contributed by atoms with van der Waals surface area (Å²) in [7, 11) is 0. The van der Waals surface area contributed by atoms with Crippen molar-refractivity contribution < 1.29 is 26.3 Å². The highest BCUT2D eigenvalue weighted by atomic mass is 16.3. The fourth-order valence-electron chi connectivity index (χ4n) is 8.25. The lowest BCUT2D eigenvalue weighted by molar-refractivity contribution is 0.673. The average molecular weight is 795 g/mol. The molecule has 2 aromatic heterocycles. The van der Waals surface area contributed by atoms with Gasteiger partial charge in [0.1, 0.15) is 11.2 Å². The Kier molecular flexibility index (Phi) is 5.23. The number of anilines is 3. The molecule has 0 N–H and O–H groups in total. The predicted molar refractivity (Wildman–Crippen MR) is 257 cm³/mol. The van der Waals surface area contributed by atoms with Crippen molar-refractivity contribution in [2.24, 2.45) is 0 Å². The van der Waals surface area contributed by atoms with E-state index in [-0.39, 0.29) is 83.1 Å². The third kappa shape index (κ3) is 5.82. The monoisotopic (exact) mass is 794 g/mol. The minimum atomic E-state index is -0.611. The molecule has 12 rings (SSSR count). The van der Waals surface area contributed by atoms with E-state index >= 15 is 0 Å². The van der Waals surface area contributed by atoms with Gasteiger partial charge in [-0.15, -0.1) is 0 Å². The van der Waals surface area contributed by atoms with E-state index in [0.717, 1.165) is 22.3 Å². The standard InChI is InChI=1S/C58H38N2O/c1-3-15-39(16-4-1)41-29-33-44(34-30-41)59(45-35-31-42(32-36-45)40-17-5-2-6-18-40)55-38-52-57-47(25-14-28-56(57)61-58(52)51-24-8-7-23-50(51)55)43-19-13-20-46(37-43)60-53-26-11-9-21-48(53)49-22-10-12-27-54(49)60/h1-38H/i7D,8D,9D,10D,11D,12D,14D,21D,22D,23D,24D,25D,26D,27D,28D,38D. The van der Waals surface area contributed by atoms with Crippen molar-refractivity contribution in [1.29, 1.82) is 0 Å². The van der Waals surface area contributed by atoms with Crippen LogP contribution in [0.25, 0.3) is 93.6 Å². The summed E-state index contributed by atoms with van der Waals surface area (Å²) >= 11 is 0. The Morgan fingerprint density at radius 3 is 1.56 bits per heavy atom. The number of hydrogen-bond acceptors (Lipinski definition) is 2. The van der Waals surface area contributed by atoms with E-state index in [9.17, 15) is 6.85 Å². The van der Waals surface area contributed by atoms with Gasteiger partial charge < -0.3 is 13.9 Å². The molecule has 0 saturated carbocycles. The van der Waals surface area contributed by atoms with E-state index in [1.165, 1.54) is 10.6 Å². The van der Waals surface area contributed by atoms with E-state index in [1.807, 2.05) is 109 Å². The summed E-state index contributed by atoms with van der Waals surface area (Å²) in [4.78, 5) is 1.74. The van der Waals surface area contributed by atoms with Crippen LogP contribution in [0.4, 0.5) is 17.1 Å². The SMILES string of the molecule is [2H]c1c([2H])c(-c2cccc(-n3c4c([2H])c([2H])c([2H])c([2H])c4c4c([2H])c([2H])c([2H])c([2H])c43)c2)c2c(oc3c4c([2H])c([2H])c([2H])c([2H])c4c(N(c4ccc(-c5ccccc5)cc4)c4ccc(-c5ccccc5)cc4)c([2H])c32)c1[2H]. The Hall–Kier alpha value is -8.14. The lowest BCUT2D eigenvalue weighted by atomic mass is 9.96. The molecule has 61 heavy (non-hydrogen) atoms. The molecule has 0 radical (unpaired) electrons. The molecule has 0 aliphatic heterocycles. The number of rotatable bonds is 7. The van der Waals surface area contributed by atoms with Crippen LogP contribution in [0.5, 0.6) is 0 Å². The maximum absolute atomic E-state index is 10.5. The lowest BCUT2D eigenvalue weighted by Crippen LogP contribution is -2.10. The van der Waals surface area contributed by atoms with Crippen molar-refractivity contribution in [3.05, 3.63) is 230 Å². The number of nitrogens with zero attached hydrogens (tertiary/aromatic N) is 2. The zero-order valence-electron chi connectivity index (χ0n) is 48.0. The predicted octanol–water partition coefficient (Wildman–Crippen LogP) is 16.3. The number of para-hydroxylation sites is 2. The van der Waals surface area contributed by atoms with E-state index in [1.54, 1.807) is 23.1 Å². The second kappa shape index (κ2) is 14.3. The van der Waals surface area contributed by atoms with Gasteiger partial charge in [0.15, 0.2) is 0 Å². The highest BCUT2D eigenvalue weighted by molar-refractivity contribution is 6.22. The Morgan fingerprint density at radius 2 is 0.951 bits per heavy atom. The van der Waals surface area contributed by atoms with Gasteiger partial charge in [-0.2, -0.15) is 0 Å². The molecule has 0 fully saturated rings. The largest absolute Gasteiger partial charge is 0.455 e. The third-order valence-electron chi connectivity index (χ3n) is 11.0. The van der Waals surface area contributed by atoms with Crippen molar-refractivity contribution in [3.63, 3.8) is 0 Å². The molecule has 0 aliphatic carbocycles. The van der Waals surface area contributed by atoms with Crippen LogP contribution in [0.1, 0.15) is 21.9 Å². The van der Waals surface area contributed by atoms with Crippen molar-refractivity contribution in [3.8, 4) is 39.1 Å². The Balaban J connectivity index is 1.20. The van der Waals surface area contributed by atoms with Gasteiger partial charge in [0.25, 0.3) is 0 Å². The van der Waals surface area contributed by atoms with Crippen molar-refractivity contribution in [2.75, 3.05) is 4.90 Å². The van der Waals surface area contributed by atoms with Gasteiger partial charge in [-0.3, -0.25) is 0 Å². The van der Waals surface area contributed by atoms with Crippen LogP contribution in [0, 0.1) is 0 Å². The molecule has 3 heteroatoms. The van der Waals surface area contributed by atoms with Crippen LogP contribution in [-0.4, -0.2) is 4.57 Å².